The third-order valence-electron chi connectivity index (χ3n) is 6.85. The quantitative estimate of drug-likeness (QED) is 0.672. The summed E-state index contributed by atoms with van der Waals surface area (Å²) in [6.07, 6.45) is 12.0. The van der Waals surface area contributed by atoms with E-state index in [1.165, 1.54) is 12.0 Å². The van der Waals surface area contributed by atoms with Crippen molar-refractivity contribution in [3.8, 4) is 5.88 Å². The van der Waals surface area contributed by atoms with Crippen molar-refractivity contribution in [2.24, 2.45) is 5.92 Å². The van der Waals surface area contributed by atoms with Gasteiger partial charge in [-0.2, -0.15) is 0 Å². The number of allylic oxidation sites excluding steroid dienone is 2. The Morgan fingerprint density at radius 2 is 2.18 bits per heavy atom. The maximum atomic E-state index is 13.6. The number of hydrogen-bond donors (Lipinski definition) is 1. The number of nitrogens with zero attached hydrogens (tertiary/aromatic N) is 4. The van der Waals surface area contributed by atoms with Crippen molar-refractivity contribution in [3.63, 3.8) is 0 Å². The van der Waals surface area contributed by atoms with Crippen molar-refractivity contribution in [1.82, 2.24) is 19.8 Å². The van der Waals surface area contributed by atoms with Gasteiger partial charge in [-0.25, -0.2) is 4.98 Å². The number of aromatic nitrogens is 2. The summed E-state index contributed by atoms with van der Waals surface area (Å²) in [6.45, 7) is 5.84. The lowest BCUT2D eigenvalue weighted by atomic mass is 9.93. The second-order valence-electron chi connectivity index (χ2n) is 9.73. The SMILES string of the molecule is C[C@H]1CN([C@@H](C)CO)C(=O)c2cc(C3=CCCCC3)cnc2O[C@H]1CN(C)Cc1cccnc1. The molecule has 0 radical (unpaired) electrons. The summed E-state index contributed by atoms with van der Waals surface area (Å²) >= 11 is 0. The minimum atomic E-state index is -0.285. The van der Waals surface area contributed by atoms with E-state index in [-0.39, 0.29) is 30.6 Å². The number of likely N-dealkylation sites (N-methyl/N-ethyl adjacent to an activating group) is 1. The number of rotatable bonds is 7. The van der Waals surface area contributed by atoms with Gasteiger partial charge in [0, 0.05) is 44.1 Å². The first kappa shape index (κ1) is 24.4. The summed E-state index contributed by atoms with van der Waals surface area (Å²) in [5.74, 6) is 0.313. The Morgan fingerprint density at radius 1 is 1.32 bits per heavy atom. The molecule has 4 rings (SSSR count). The average Bonchev–Trinajstić information content (AvgIpc) is 2.86. The van der Waals surface area contributed by atoms with Crippen LogP contribution in [-0.4, -0.2) is 69.7 Å². The molecule has 3 atom stereocenters. The van der Waals surface area contributed by atoms with Gasteiger partial charge in [-0.3, -0.25) is 14.7 Å². The molecule has 2 aromatic rings. The molecule has 7 heteroatoms. The Balaban J connectivity index is 1.63. The topological polar surface area (TPSA) is 78.8 Å². The summed E-state index contributed by atoms with van der Waals surface area (Å²) in [7, 11) is 2.06. The van der Waals surface area contributed by atoms with Crippen LogP contribution in [0.3, 0.4) is 0 Å². The lowest BCUT2D eigenvalue weighted by Crippen LogP contribution is -2.49. The van der Waals surface area contributed by atoms with Crippen LogP contribution in [0, 0.1) is 5.92 Å². The number of amides is 1. The van der Waals surface area contributed by atoms with Gasteiger partial charge in [0.2, 0.25) is 5.88 Å². The van der Waals surface area contributed by atoms with Crippen LogP contribution in [0.2, 0.25) is 0 Å². The first-order valence-corrected chi connectivity index (χ1v) is 12.3. The van der Waals surface area contributed by atoms with Gasteiger partial charge in [0.25, 0.3) is 5.91 Å². The molecule has 1 amide bonds. The molecule has 2 aliphatic rings. The van der Waals surface area contributed by atoms with E-state index in [4.69, 9.17) is 4.74 Å². The van der Waals surface area contributed by atoms with Gasteiger partial charge in [0.05, 0.1) is 12.6 Å². The van der Waals surface area contributed by atoms with Crippen molar-refractivity contribution in [1.29, 1.82) is 0 Å². The zero-order chi connectivity index (χ0) is 24.1. The Bertz CT molecular complexity index is 1010. The van der Waals surface area contributed by atoms with E-state index in [2.05, 4.69) is 41.0 Å². The van der Waals surface area contributed by atoms with Crippen LogP contribution in [0.15, 0.2) is 42.9 Å². The fraction of sp³-hybridized carbons (Fsp3) is 0.519. The van der Waals surface area contributed by atoms with Crippen molar-refractivity contribution in [2.75, 3.05) is 26.7 Å². The standard InChI is InChI=1S/C27H36N4O3/c1-19-15-31(20(2)18-32)27(33)24-12-23(22-9-5-4-6-10-22)14-29-26(24)34-25(19)17-30(3)16-21-8-7-11-28-13-21/h7-9,11-14,19-20,25,32H,4-6,10,15-18H2,1-3H3/t19-,20-,25-/m0/s1. The van der Waals surface area contributed by atoms with Crippen molar-refractivity contribution < 1.29 is 14.6 Å². The molecule has 3 heterocycles. The zero-order valence-electron chi connectivity index (χ0n) is 20.5. The molecule has 0 saturated carbocycles. The van der Waals surface area contributed by atoms with Crippen LogP contribution >= 0.6 is 0 Å². The number of aliphatic hydroxyl groups excluding tert-OH is 1. The average molecular weight is 465 g/mol. The third kappa shape index (κ3) is 5.65. The monoisotopic (exact) mass is 464 g/mol. The summed E-state index contributed by atoms with van der Waals surface area (Å²) in [5, 5.41) is 9.87. The molecule has 0 aromatic carbocycles. The van der Waals surface area contributed by atoms with Gasteiger partial charge in [-0.1, -0.05) is 19.1 Å². The highest BCUT2D eigenvalue weighted by Gasteiger charge is 2.34. The second-order valence-corrected chi connectivity index (χ2v) is 9.73. The van der Waals surface area contributed by atoms with Crippen LogP contribution < -0.4 is 4.74 Å². The second kappa shape index (κ2) is 11.1. The lowest BCUT2D eigenvalue weighted by molar-refractivity contribution is 0.0325. The third-order valence-corrected chi connectivity index (χ3v) is 6.85. The Kier molecular flexibility index (Phi) is 7.95. The Hall–Kier alpha value is -2.77. The molecule has 0 spiro atoms. The van der Waals surface area contributed by atoms with Crippen LogP contribution in [0.5, 0.6) is 5.88 Å². The predicted molar refractivity (Wildman–Crippen MR) is 132 cm³/mol. The number of aliphatic hydroxyl groups is 1. The normalized spacial score (nSPS) is 21.9. The Morgan fingerprint density at radius 3 is 2.88 bits per heavy atom. The predicted octanol–water partition coefficient (Wildman–Crippen LogP) is 3.79. The van der Waals surface area contributed by atoms with Gasteiger partial charge in [-0.15, -0.1) is 0 Å². The first-order valence-electron chi connectivity index (χ1n) is 12.3. The first-order chi connectivity index (χ1) is 16.5. The number of pyridine rings is 2. The van der Waals surface area contributed by atoms with E-state index in [1.807, 2.05) is 31.5 Å². The fourth-order valence-electron chi connectivity index (χ4n) is 4.77. The molecule has 0 unspecified atom stereocenters. The molecular formula is C27H36N4O3. The maximum absolute atomic E-state index is 13.6. The van der Waals surface area contributed by atoms with Crippen LogP contribution in [0.4, 0.5) is 0 Å². The molecule has 7 nitrogen and oxygen atoms in total. The molecule has 1 N–H and O–H groups in total. The molecule has 1 aliphatic heterocycles. The number of carbonyl (C=O) groups excluding carboxylic acids is 1. The number of fused-ring (bicyclic) bond motifs is 1. The van der Waals surface area contributed by atoms with Gasteiger partial charge < -0.3 is 14.7 Å². The van der Waals surface area contributed by atoms with E-state index >= 15 is 0 Å². The highest BCUT2D eigenvalue weighted by molar-refractivity contribution is 5.97. The summed E-state index contributed by atoms with van der Waals surface area (Å²) in [6, 6.07) is 5.66. The molecular weight excluding hydrogens is 428 g/mol. The van der Waals surface area contributed by atoms with Crippen LogP contribution in [0.25, 0.3) is 5.57 Å². The van der Waals surface area contributed by atoms with E-state index in [1.54, 1.807) is 11.1 Å². The minimum absolute atomic E-state index is 0.0602. The highest BCUT2D eigenvalue weighted by atomic mass is 16.5. The van der Waals surface area contributed by atoms with E-state index in [9.17, 15) is 9.90 Å². The lowest BCUT2D eigenvalue weighted by Gasteiger charge is -2.37. The molecule has 0 saturated heterocycles. The summed E-state index contributed by atoms with van der Waals surface area (Å²) < 4.78 is 6.43. The summed E-state index contributed by atoms with van der Waals surface area (Å²) in [5.41, 5.74) is 3.86. The number of ether oxygens (including phenoxy) is 1. The molecule has 0 fully saturated rings. The number of hydrogen-bond acceptors (Lipinski definition) is 6. The van der Waals surface area contributed by atoms with Crippen molar-refractivity contribution >= 4 is 11.5 Å². The van der Waals surface area contributed by atoms with Gasteiger partial charge in [-0.05, 0) is 68.5 Å². The van der Waals surface area contributed by atoms with Gasteiger partial charge in [0.15, 0.2) is 0 Å². The molecule has 0 bridgehead atoms. The van der Waals surface area contributed by atoms with Crippen LogP contribution in [0.1, 0.15) is 61.0 Å². The fourth-order valence-corrected chi connectivity index (χ4v) is 4.77. The summed E-state index contributed by atoms with van der Waals surface area (Å²) in [4.78, 5) is 26.4. The zero-order valence-corrected chi connectivity index (χ0v) is 20.5. The van der Waals surface area contributed by atoms with Crippen LogP contribution in [-0.2, 0) is 6.54 Å². The minimum Gasteiger partial charge on any atom is -0.472 e. The maximum Gasteiger partial charge on any atom is 0.259 e. The smallest absolute Gasteiger partial charge is 0.259 e. The molecule has 34 heavy (non-hydrogen) atoms. The van der Waals surface area contributed by atoms with Crippen molar-refractivity contribution in [3.05, 3.63) is 59.6 Å². The van der Waals surface area contributed by atoms with Gasteiger partial charge in [0.1, 0.15) is 11.7 Å². The molecule has 1 aliphatic carbocycles. The van der Waals surface area contributed by atoms with Crippen molar-refractivity contribution in [2.45, 2.75) is 58.2 Å². The number of carbonyl (C=O) groups is 1. The molecule has 182 valence electrons. The van der Waals surface area contributed by atoms with E-state index in [0.717, 1.165) is 36.9 Å². The Labute approximate surface area is 202 Å². The van der Waals surface area contributed by atoms with E-state index in [0.29, 0.717) is 24.5 Å². The van der Waals surface area contributed by atoms with E-state index < -0.39 is 0 Å². The van der Waals surface area contributed by atoms with Gasteiger partial charge >= 0.3 is 0 Å². The largest absolute Gasteiger partial charge is 0.472 e. The molecule has 2 aromatic heterocycles. The highest BCUT2D eigenvalue weighted by Crippen LogP contribution is 2.32.